The Bertz CT molecular complexity index is 464. The van der Waals surface area contributed by atoms with Crippen molar-refractivity contribution >= 4 is 17.8 Å². The number of rotatable bonds is 4. The Morgan fingerprint density at radius 3 is 1.95 bits per heavy atom. The summed E-state index contributed by atoms with van der Waals surface area (Å²) < 4.78 is 0. The van der Waals surface area contributed by atoms with Crippen LogP contribution in [-0.4, -0.2) is 72.7 Å². The van der Waals surface area contributed by atoms with Gasteiger partial charge in [-0.05, 0) is 19.4 Å². The molecule has 2 aliphatic rings. The molecule has 0 spiro atoms. The Balaban J connectivity index is 1.79. The molecule has 0 saturated carbocycles. The van der Waals surface area contributed by atoms with Crippen molar-refractivity contribution < 1.29 is 0 Å². The fraction of sp³-hybridized carbons (Fsp3) is 0.786. The molecule has 7 heteroatoms. The summed E-state index contributed by atoms with van der Waals surface area (Å²) in [5.74, 6) is 2.30. The van der Waals surface area contributed by atoms with Crippen LogP contribution in [0.2, 0.25) is 0 Å². The number of hydrogen-bond acceptors (Lipinski definition) is 7. The summed E-state index contributed by atoms with van der Waals surface area (Å²) in [6.07, 6.45) is 2.45. The molecular formula is C14H25N7. The smallest absolute Gasteiger partial charge is 0.232 e. The molecule has 0 bridgehead atoms. The van der Waals surface area contributed by atoms with Gasteiger partial charge in [-0.1, -0.05) is 6.92 Å². The van der Waals surface area contributed by atoms with Crippen molar-refractivity contribution in [1.82, 2.24) is 19.9 Å². The molecule has 1 N–H and O–H groups in total. The second-order valence-electron chi connectivity index (χ2n) is 5.62. The molecule has 0 atom stereocenters. The zero-order valence-electron chi connectivity index (χ0n) is 13.0. The van der Waals surface area contributed by atoms with E-state index >= 15 is 0 Å². The lowest BCUT2D eigenvalue weighted by Crippen LogP contribution is -2.47. The molecule has 0 aromatic carbocycles. The molecule has 0 amide bonds. The van der Waals surface area contributed by atoms with Crippen LogP contribution in [0.25, 0.3) is 0 Å². The van der Waals surface area contributed by atoms with Gasteiger partial charge in [0.05, 0.1) is 0 Å². The lowest BCUT2D eigenvalue weighted by atomic mass is 10.3. The van der Waals surface area contributed by atoms with Crippen molar-refractivity contribution in [3.8, 4) is 0 Å². The molecular weight excluding hydrogens is 266 g/mol. The number of nitrogens with one attached hydrogen (secondary N) is 1. The van der Waals surface area contributed by atoms with Gasteiger partial charge >= 0.3 is 0 Å². The fourth-order valence-corrected chi connectivity index (χ4v) is 2.93. The van der Waals surface area contributed by atoms with Crippen molar-refractivity contribution in [3.63, 3.8) is 0 Å². The third-order valence-electron chi connectivity index (χ3n) is 4.33. The first-order valence-electron chi connectivity index (χ1n) is 7.96. The molecule has 0 radical (unpaired) electrons. The molecule has 0 aliphatic carbocycles. The van der Waals surface area contributed by atoms with Gasteiger partial charge in [0.1, 0.15) is 0 Å². The number of nitrogens with zero attached hydrogens (tertiary/aromatic N) is 6. The first kappa shape index (κ1) is 14.3. The number of anilines is 3. The van der Waals surface area contributed by atoms with Crippen molar-refractivity contribution in [2.24, 2.45) is 0 Å². The summed E-state index contributed by atoms with van der Waals surface area (Å²) in [4.78, 5) is 20.8. The van der Waals surface area contributed by atoms with Gasteiger partial charge in [0.15, 0.2) is 0 Å². The van der Waals surface area contributed by atoms with E-state index in [1.54, 1.807) is 0 Å². The molecule has 1 aromatic rings. The topological polar surface area (TPSA) is 60.4 Å². The number of hydrogen-bond donors (Lipinski definition) is 1. The van der Waals surface area contributed by atoms with E-state index in [0.717, 1.165) is 57.7 Å². The molecule has 2 fully saturated rings. The Hall–Kier alpha value is -1.63. The second-order valence-corrected chi connectivity index (χ2v) is 5.62. The Morgan fingerprint density at radius 1 is 0.857 bits per heavy atom. The SMILES string of the molecule is CCN1CCN(c2nc(NC)nc(N3CCCC3)n2)CC1. The minimum atomic E-state index is 0.667. The normalized spacial score (nSPS) is 20.1. The minimum Gasteiger partial charge on any atom is -0.357 e. The van der Waals surface area contributed by atoms with E-state index < -0.39 is 0 Å². The first-order valence-corrected chi connectivity index (χ1v) is 7.96. The van der Waals surface area contributed by atoms with Crippen LogP contribution >= 0.6 is 0 Å². The Morgan fingerprint density at radius 2 is 1.43 bits per heavy atom. The zero-order chi connectivity index (χ0) is 14.7. The highest BCUT2D eigenvalue weighted by Gasteiger charge is 2.22. The van der Waals surface area contributed by atoms with Crippen LogP contribution in [-0.2, 0) is 0 Å². The zero-order valence-corrected chi connectivity index (χ0v) is 13.0. The Labute approximate surface area is 126 Å². The van der Waals surface area contributed by atoms with Crippen LogP contribution in [0, 0.1) is 0 Å². The van der Waals surface area contributed by atoms with Crippen LogP contribution in [0.1, 0.15) is 19.8 Å². The highest BCUT2D eigenvalue weighted by Crippen LogP contribution is 2.20. The van der Waals surface area contributed by atoms with Gasteiger partial charge in [-0.15, -0.1) is 0 Å². The van der Waals surface area contributed by atoms with Crippen LogP contribution in [0.4, 0.5) is 17.8 Å². The minimum absolute atomic E-state index is 0.667. The fourth-order valence-electron chi connectivity index (χ4n) is 2.93. The van der Waals surface area contributed by atoms with Crippen LogP contribution in [0.5, 0.6) is 0 Å². The molecule has 3 rings (SSSR count). The van der Waals surface area contributed by atoms with Gasteiger partial charge in [-0.2, -0.15) is 15.0 Å². The Kier molecular flexibility index (Phi) is 4.38. The predicted octanol–water partition coefficient (Wildman–Crippen LogP) is 0.655. The highest BCUT2D eigenvalue weighted by atomic mass is 15.4. The van der Waals surface area contributed by atoms with Crippen molar-refractivity contribution in [1.29, 1.82) is 0 Å². The van der Waals surface area contributed by atoms with E-state index in [1.165, 1.54) is 12.8 Å². The molecule has 3 heterocycles. The molecule has 2 saturated heterocycles. The van der Waals surface area contributed by atoms with Gasteiger partial charge < -0.3 is 20.0 Å². The lowest BCUT2D eigenvalue weighted by molar-refractivity contribution is 0.270. The molecule has 0 unspecified atom stereocenters. The summed E-state index contributed by atoms with van der Waals surface area (Å²) in [5.41, 5.74) is 0. The molecule has 116 valence electrons. The number of piperazine rings is 1. The quantitative estimate of drug-likeness (QED) is 0.874. The third-order valence-corrected chi connectivity index (χ3v) is 4.33. The molecule has 1 aromatic heterocycles. The number of aromatic nitrogens is 3. The largest absolute Gasteiger partial charge is 0.357 e. The lowest BCUT2D eigenvalue weighted by Gasteiger charge is -2.34. The van der Waals surface area contributed by atoms with Crippen LogP contribution in [0.3, 0.4) is 0 Å². The average Bonchev–Trinajstić information content (AvgIpc) is 3.09. The highest BCUT2D eigenvalue weighted by molar-refractivity contribution is 5.45. The monoisotopic (exact) mass is 291 g/mol. The second kappa shape index (κ2) is 6.43. The average molecular weight is 291 g/mol. The van der Waals surface area contributed by atoms with Crippen LogP contribution in [0.15, 0.2) is 0 Å². The summed E-state index contributed by atoms with van der Waals surface area (Å²) in [6, 6.07) is 0. The van der Waals surface area contributed by atoms with E-state index in [9.17, 15) is 0 Å². The summed E-state index contributed by atoms with van der Waals surface area (Å²) >= 11 is 0. The maximum atomic E-state index is 4.71. The summed E-state index contributed by atoms with van der Waals surface area (Å²) in [6.45, 7) is 9.56. The van der Waals surface area contributed by atoms with E-state index in [0.29, 0.717) is 5.95 Å². The van der Waals surface area contributed by atoms with Crippen molar-refractivity contribution in [2.75, 3.05) is 68.0 Å². The molecule has 21 heavy (non-hydrogen) atoms. The summed E-state index contributed by atoms with van der Waals surface area (Å²) in [5, 5.41) is 3.06. The molecule has 7 nitrogen and oxygen atoms in total. The predicted molar refractivity (Wildman–Crippen MR) is 85.1 cm³/mol. The van der Waals surface area contributed by atoms with E-state index in [2.05, 4.69) is 36.9 Å². The summed E-state index contributed by atoms with van der Waals surface area (Å²) in [7, 11) is 1.86. The van der Waals surface area contributed by atoms with E-state index in [1.807, 2.05) is 7.05 Å². The first-order chi connectivity index (χ1) is 10.3. The van der Waals surface area contributed by atoms with E-state index in [-0.39, 0.29) is 0 Å². The maximum absolute atomic E-state index is 4.71. The van der Waals surface area contributed by atoms with Gasteiger partial charge in [0, 0.05) is 46.3 Å². The molecule has 2 aliphatic heterocycles. The van der Waals surface area contributed by atoms with Gasteiger partial charge in [-0.3, -0.25) is 0 Å². The van der Waals surface area contributed by atoms with Gasteiger partial charge in [-0.25, -0.2) is 0 Å². The van der Waals surface area contributed by atoms with E-state index in [4.69, 9.17) is 4.98 Å². The van der Waals surface area contributed by atoms with Crippen molar-refractivity contribution in [2.45, 2.75) is 19.8 Å². The van der Waals surface area contributed by atoms with Crippen molar-refractivity contribution in [3.05, 3.63) is 0 Å². The van der Waals surface area contributed by atoms with Crippen LogP contribution < -0.4 is 15.1 Å². The maximum Gasteiger partial charge on any atom is 0.232 e. The van der Waals surface area contributed by atoms with Gasteiger partial charge in [0.2, 0.25) is 17.8 Å². The number of likely N-dealkylation sites (N-methyl/N-ethyl adjacent to an activating group) is 1. The standard InChI is InChI=1S/C14H25N7/c1-3-19-8-10-21(11-9-19)14-17-12(15-2)16-13(18-14)20-6-4-5-7-20/h3-11H2,1-2H3,(H,15,16,17,18). The van der Waals surface area contributed by atoms with Gasteiger partial charge in [0.25, 0.3) is 0 Å². The third kappa shape index (κ3) is 3.18.